The second kappa shape index (κ2) is 11.1. The molecule has 3 rings (SSSR count). The number of amides is 1. The van der Waals surface area contributed by atoms with Gasteiger partial charge in [-0.15, -0.1) is 36.2 Å². The van der Waals surface area contributed by atoms with Crippen molar-refractivity contribution in [2.75, 3.05) is 25.5 Å². The lowest BCUT2D eigenvalue weighted by Crippen LogP contribution is -2.44. The zero-order valence-electron chi connectivity index (χ0n) is 16.4. The number of carbonyl (C=O) groups is 1. The molecule has 3 atom stereocenters. The Kier molecular flexibility index (Phi) is 9.82. The standard InChI is InChI=1S/C17H26N6O2S.2ClH/c1-11-6-23(7-12(2)25-11)9-14-10-26-17(20-14)21-16(24)15(18-3)13-5-19-22(4)8-13;;/h5,8,10-12,15,18H,6-7,9H2,1-4H3,(H,20,21,24);2*1H. The maximum atomic E-state index is 12.6. The van der Waals surface area contributed by atoms with Gasteiger partial charge in [0.25, 0.3) is 0 Å². The van der Waals surface area contributed by atoms with Crippen molar-refractivity contribution in [2.24, 2.45) is 7.05 Å². The van der Waals surface area contributed by atoms with E-state index in [-0.39, 0.29) is 42.9 Å². The molecule has 158 valence electrons. The second-order valence-corrected chi connectivity index (χ2v) is 7.61. The summed E-state index contributed by atoms with van der Waals surface area (Å²) in [7, 11) is 3.58. The lowest BCUT2D eigenvalue weighted by Gasteiger charge is -2.34. The third kappa shape index (κ3) is 6.40. The van der Waals surface area contributed by atoms with Gasteiger partial charge < -0.3 is 15.4 Å². The molecule has 0 aromatic carbocycles. The highest BCUT2D eigenvalue weighted by Crippen LogP contribution is 2.21. The molecule has 1 aliphatic rings. The molecule has 1 saturated heterocycles. The van der Waals surface area contributed by atoms with Gasteiger partial charge in [-0.1, -0.05) is 0 Å². The third-order valence-electron chi connectivity index (χ3n) is 4.27. The predicted octanol–water partition coefficient (Wildman–Crippen LogP) is 2.23. The van der Waals surface area contributed by atoms with Gasteiger partial charge in [0, 0.05) is 43.8 Å². The Labute approximate surface area is 181 Å². The minimum absolute atomic E-state index is 0. The summed E-state index contributed by atoms with van der Waals surface area (Å²) >= 11 is 1.45. The van der Waals surface area contributed by atoms with Crippen molar-refractivity contribution < 1.29 is 9.53 Å². The van der Waals surface area contributed by atoms with Crippen molar-refractivity contribution in [3.8, 4) is 0 Å². The summed E-state index contributed by atoms with van der Waals surface area (Å²) in [6, 6.07) is -0.461. The summed E-state index contributed by atoms with van der Waals surface area (Å²) in [5.41, 5.74) is 1.79. The number of hydrogen-bond donors (Lipinski definition) is 2. The minimum atomic E-state index is -0.461. The molecule has 3 unspecified atom stereocenters. The lowest BCUT2D eigenvalue weighted by atomic mass is 10.1. The molecule has 11 heteroatoms. The van der Waals surface area contributed by atoms with Crippen molar-refractivity contribution in [3.05, 3.63) is 29.0 Å². The van der Waals surface area contributed by atoms with E-state index in [9.17, 15) is 4.79 Å². The maximum Gasteiger partial charge on any atom is 0.247 e. The van der Waals surface area contributed by atoms with E-state index in [2.05, 4.69) is 39.5 Å². The number of morpholine rings is 1. The largest absolute Gasteiger partial charge is 0.373 e. The Hall–Kier alpha value is -1.23. The van der Waals surface area contributed by atoms with Gasteiger partial charge >= 0.3 is 0 Å². The van der Waals surface area contributed by atoms with Crippen LogP contribution in [0, 0.1) is 0 Å². The summed E-state index contributed by atoms with van der Waals surface area (Å²) in [6.07, 6.45) is 3.98. The Morgan fingerprint density at radius 3 is 2.61 bits per heavy atom. The highest BCUT2D eigenvalue weighted by molar-refractivity contribution is 7.13. The molecule has 3 heterocycles. The highest BCUT2D eigenvalue weighted by Gasteiger charge is 2.24. The lowest BCUT2D eigenvalue weighted by molar-refractivity contribution is -0.118. The van der Waals surface area contributed by atoms with Gasteiger partial charge in [0.05, 0.1) is 24.1 Å². The molecule has 0 bridgehead atoms. The van der Waals surface area contributed by atoms with Crippen LogP contribution in [0.15, 0.2) is 17.8 Å². The van der Waals surface area contributed by atoms with Crippen LogP contribution < -0.4 is 10.6 Å². The van der Waals surface area contributed by atoms with Crippen molar-refractivity contribution >= 4 is 47.2 Å². The minimum Gasteiger partial charge on any atom is -0.373 e. The zero-order valence-corrected chi connectivity index (χ0v) is 18.9. The summed E-state index contributed by atoms with van der Waals surface area (Å²) in [4.78, 5) is 19.5. The van der Waals surface area contributed by atoms with E-state index in [0.29, 0.717) is 5.13 Å². The molecular formula is C17H28Cl2N6O2S. The molecule has 28 heavy (non-hydrogen) atoms. The van der Waals surface area contributed by atoms with Crippen LogP contribution in [0.1, 0.15) is 31.1 Å². The second-order valence-electron chi connectivity index (χ2n) is 6.75. The Morgan fingerprint density at radius 2 is 2.04 bits per heavy atom. The third-order valence-corrected chi connectivity index (χ3v) is 5.08. The highest BCUT2D eigenvalue weighted by atomic mass is 35.5. The fourth-order valence-corrected chi connectivity index (χ4v) is 4.00. The number of aromatic nitrogens is 3. The number of anilines is 1. The fourth-order valence-electron chi connectivity index (χ4n) is 3.30. The Morgan fingerprint density at radius 1 is 1.36 bits per heavy atom. The SMILES string of the molecule is CNC(C(=O)Nc1nc(CN2CC(C)OC(C)C2)cs1)c1cnn(C)c1.Cl.Cl. The van der Waals surface area contributed by atoms with Gasteiger partial charge in [-0.25, -0.2) is 4.98 Å². The van der Waals surface area contributed by atoms with Gasteiger partial charge in [0.15, 0.2) is 5.13 Å². The fraction of sp³-hybridized carbons (Fsp3) is 0.588. The molecule has 0 saturated carbocycles. The molecule has 2 N–H and O–H groups in total. The normalized spacial score (nSPS) is 20.7. The molecule has 1 aliphatic heterocycles. The molecule has 2 aromatic heterocycles. The molecule has 0 spiro atoms. The number of rotatable bonds is 6. The van der Waals surface area contributed by atoms with Crippen LogP contribution in [-0.4, -0.2) is 57.9 Å². The van der Waals surface area contributed by atoms with Crippen molar-refractivity contribution in [3.63, 3.8) is 0 Å². The van der Waals surface area contributed by atoms with Crippen LogP contribution in [0.3, 0.4) is 0 Å². The number of nitrogens with zero attached hydrogens (tertiary/aromatic N) is 4. The molecular weight excluding hydrogens is 423 g/mol. The van der Waals surface area contributed by atoms with Crippen molar-refractivity contribution in [1.82, 2.24) is 25.0 Å². The smallest absolute Gasteiger partial charge is 0.247 e. The number of aryl methyl sites for hydroxylation is 1. The van der Waals surface area contributed by atoms with Gasteiger partial charge in [0.2, 0.25) is 5.91 Å². The summed E-state index contributed by atoms with van der Waals surface area (Å²) < 4.78 is 7.44. The Balaban J connectivity index is 0.00000196. The number of thiazole rings is 1. The van der Waals surface area contributed by atoms with Gasteiger partial charge in [-0.2, -0.15) is 5.10 Å². The van der Waals surface area contributed by atoms with E-state index in [0.717, 1.165) is 30.9 Å². The topological polar surface area (TPSA) is 84.3 Å². The molecule has 1 amide bonds. The van der Waals surface area contributed by atoms with Crippen LogP contribution >= 0.6 is 36.2 Å². The summed E-state index contributed by atoms with van der Waals surface area (Å²) in [6.45, 7) is 6.73. The number of nitrogens with one attached hydrogen (secondary N) is 2. The first-order valence-corrected chi connectivity index (χ1v) is 9.61. The maximum absolute atomic E-state index is 12.6. The van der Waals surface area contributed by atoms with E-state index in [1.165, 1.54) is 11.3 Å². The molecule has 2 aromatic rings. The number of halogens is 2. The van der Waals surface area contributed by atoms with Crippen LogP contribution in [0.4, 0.5) is 5.13 Å². The van der Waals surface area contributed by atoms with Gasteiger partial charge in [0.1, 0.15) is 6.04 Å². The van der Waals surface area contributed by atoms with E-state index >= 15 is 0 Å². The first kappa shape index (κ1) is 24.8. The van der Waals surface area contributed by atoms with Gasteiger partial charge in [-0.05, 0) is 20.9 Å². The monoisotopic (exact) mass is 450 g/mol. The van der Waals surface area contributed by atoms with Crippen molar-refractivity contribution in [2.45, 2.75) is 38.6 Å². The van der Waals surface area contributed by atoms with E-state index in [1.54, 1.807) is 17.9 Å². The van der Waals surface area contributed by atoms with E-state index < -0.39 is 6.04 Å². The Bertz CT molecular complexity index is 746. The van der Waals surface area contributed by atoms with Crippen LogP contribution in [-0.2, 0) is 23.1 Å². The summed E-state index contributed by atoms with van der Waals surface area (Å²) in [5.74, 6) is -0.144. The molecule has 0 aliphatic carbocycles. The average molecular weight is 451 g/mol. The van der Waals surface area contributed by atoms with Crippen LogP contribution in [0.2, 0.25) is 0 Å². The first-order valence-electron chi connectivity index (χ1n) is 8.73. The molecule has 0 radical (unpaired) electrons. The van der Waals surface area contributed by atoms with E-state index in [1.807, 2.05) is 18.6 Å². The molecule has 1 fully saturated rings. The van der Waals surface area contributed by atoms with E-state index in [4.69, 9.17) is 4.74 Å². The quantitative estimate of drug-likeness (QED) is 0.701. The zero-order chi connectivity index (χ0) is 18.7. The molecule has 8 nitrogen and oxygen atoms in total. The average Bonchev–Trinajstić information content (AvgIpc) is 3.16. The van der Waals surface area contributed by atoms with Crippen LogP contribution in [0.5, 0.6) is 0 Å². The first-order chi connectivity index (χ1) is 12.4. The van der Waals surface area contributed by atoms with Gasteiger partial charge in [-0.3, -0.25) is 14.4 Å². The van der Waals surface area contributed by atoms with Crippen molar-refractivity contribution in [1.29, 1.82) is 0 Å². The van der Waals surface area contributed by atoms with Crippen LogP contribution in [0.25, 0.3) is 0 Å². The number of likely N-dealkylation sites (N-methyl/N-ethyl adjacent to an activating group) is 1. The number of hydrogen-bond acceptors (Lipinski definition) is 7. The predicted molar refractivity (Wildman–Crippen MR) is 116 cm³/mol. The number of ether oxygens (including phenoxy) is 1. The number of carbonyl (C=O) groups excluding carboxylic acids is 1. The summed E-state index contributed by atoms with van der Waals surface area (Å²) in [5, 5.41) is 12.7.